The molecule has 9 heteroatoms. The Bertz CT molecular complexity index is 2080. The number of hydrogen-bond acceptors (Lipinski definition) is 6. The van der Waals surface area contributed by atoms with Gasteiger partial charge in [0.05, 0.1) is 37.2 Å². The Kier molecular flexibility index (Phi) is 18.9. The van der Waals surface area contributed by atoms with Gasteiger partial charge in [0.1, 0.15) is 16.9 Å². The maximum absolute atomic E-state index is 13.0. The number of methoxy groups -OCH3 is 2. The summed E-state index contributed by atoms with van der Waals surface area (Å²) in [5.41, 5.74) is 4.15. The van der Waals surface area contributed by atoms with Crippen molar-refractivity contribution >= 4 is 44.9 Å². The largest absolute Gasteiger partial charge is 0.495 e. The molecule has 2 heterocycles. The fourth-order valence-corrected chi connectivity index (χ4v) is 6.42. The van der Waals surface area contributed by atoms with Crippen LogP contribution >= 0.6 is 15.9 Å². The van der Waals surface area contributed by atoms with Crippen LogP contribution in [0.4, 0.5) is 11.4 Å². The normalized spacial score (nSPS) is 16.4. The Morgan fingerprint density at radius 2 is 1.19 bits per heavy atom. The Morgan fingerprint density at radius 3 is 1.63 bits per heavy atom. The predicted molar refractivity (Wildman–Crippen MR) is 236 cm³/mol. The molecule has 0 radical (unpaired) electrons. The van der Waals surface area contributed by atoms with Crippen molar-refractivity contribution in [3.63, 3.8) is 0 Å². The van der Waals surface area contributed by atoms with E-state index in [-0.39, 0.29) is 38.4 Å². The Morgan fingerprint density at radius 1 is 0.719 bits per heavy atom. The van der Waals surface area contributed by atoms with E-state index in [1.54, 1.807) is 38.2 Å². The summed E-state index contributed by atoms with van der Waals surface area (Å²) < 4.78 is 11.7. The Balaban J connectivity index is 0.000000289. The second kappa shape index (κ2) is 22.7. The number of amides is 2. The SMILES string of the molecule is Brc1ccccc1.C.C.COc1ccccc1N1CCC(C)C1=O.COc1ccccc1N1CC[C@@](C)(C(=O)c2ccc(C)cc2)C1=O.Cc1ccc(C#N)cc1. The van der Waals surface area contributed by atoms with Crippen molar-refractivity contribution in [2.45, 2.75) is 55.4 Å². The lowest BCUT2D eigenvalue weighted by atomic mass is 9.80. The zero-order valence-electron chi connectivity index (χ0n) is 32.3. The molecule has 0 aliphatic carbocycles. The first-order valence-corrected chi connectivity index (χ1v) is 18.9. The number of halogens is 1. The zero-order valence-corrected chi connectivity index (χ0v) is 33.9. The number of aryl methyl sites for hydroxylation is 2. The van der Waals surface area contributed by atoms with Gasteiger partial charge < -0.3 is 19.3 Å². The lowest BCUT2D eigenvalue weighted by molar-refractivity contribution is -0.122. The van der Waals surface area contributed by atoms with Gasteiger partial charge >= 0.3 is 0 Å². The van der Waals surface area contributed by atoms with Crippen LogP contribution in [0, 0.1) is 36.5 Å². The highest BCUT2D eigenvalue weighted by Gasteiger charge is 2.49. The molecule has 2 aliphatic rings. The summed E-state index contributed by atoms with van der Waals surface area (Å²) in [4.78, 5) is 41.3. The first-order chi connectivity index (χ1) is 26.4. The summed E-state index contributed by atoms with van der Waals surface area (Å²) >= 11 is 3.31. The van der Waals surface area contributed by atoms with Gasteiger partial charge in [-0.1, -0.05) is 128 Å². The van der Waals surface area contributed by atoms with Crippen molar-refractivity contribution < 1.29 is 23.9 Å². The fraction of sp³-hybridized carbons (Fsp3) is 0.292. The van der Waals surface area contributed by atoms with E-state index in [9.17, 15) is 14.4 Å². The van der Waals surface area contributed by atoms with Crippen LogP contribution in [0.15, 0.2) is 132 Å². The smallest absolute Gasteiger partial charge is 0.240 e. The van der Waals surface area contributed by atoms with Crippen LogP contribution < -0.4 is 19.3 Å². The molecule has 5 aromatic rings. The molecule has 2 aliphatic heterocycles. The molecule has 5 aromatic carbocycles. The minimum atomic E-state index is -1.03. The molecule has 2 atom stereocenters. The molecule has 0 N–H and O–H groups in total. The molecule has 2 amide bonds. The summed E-state index contributed by atoms with van der Waals surface area (Å²) in [7, 11) is 3.21. The monoisotopic (exact) mass is 833 g/mol. The highest BCUT2D eigenvalue weighted by molar-refractivity contribution is 9.10. The van der Waals surface area contributed by atoms with E-state index in [1.807, 2.05) is 141 Å². The third kappa shape index (κ3) is 12.4. The van der Waals surface area contributed by atoms with Crippen molar-refractivity contribution in [1.29, 1.82) is 5.26 Å². The van der Waals surface area contributed by atoms with E-state index < -0.39 is 5.41 Å². The standard InChI is InChI=1S/C20H21NO3.C12H15NO2.C8H7N.C6H5Br.2CH4/c1-14-8-10-15(11-9-14)18(22)20(2)12-13-21(19(20)23)16-6-4-5-7-17(16)24-3;1-9-7-8-13(12(9)14)10-5-3-4-6-11(10)15-2;1-7-2-4-8(6-9)5-3-7;7-6-4-2-1-3-5-6;;/h4-11H,12-13H2,1-3H3;3-6,9H,7-8H2,1-2H3;2-5H,1H3;1-5H;2*1H4/t20-;;;;;/m0...../s1. The highest BCUT2D eigenvalue weighted by Crippen LogP contribution is 2.40. The van der Waals surface area contributed by atoms with Gasteiger partial charge in [0.2, 0.25) is 11.8 Å². The van der Waals surface area contributed by atoms with Gasteiger partial charge in [-0.3, -0.25) is 14.4 Å². The number of ketones is 1. The Hall–Kier alpha value is -5.72. The van der Waals surface area contributed by atoms with Gasteiger partial charge in [-0.25, -0.2) is 0 Å². The molecular formula is C48H56BrN3O5. The number of carbonyl (C=O) groups is 3. The average Bonchev–Trinajstić information content (AvgIpc) is 3.72. The first kappa shape index (κ1) is 47.4. The predicted octanol–water partition coefficient (Wildman–Crippen LogP) is 11.3. The summed E-state index contributed by atoms with van der Waals surface area (Å²) in [5, 5.41) is 8.38. The molecule has 0 bridgehead atoms. The van der Waals surface area contributed by atoms with Crippen LogP contribution in [-0.4, -0.2) is 44.9 Å². The summed E-state index contributed by atoms with van der Waals surface area (Å²) in [6.45, 7) is 8.99. The van der Waals surface area contributed by atoms with E-state index in [1.165, 1.54) is 5.56 Å². The van der Waals surface area contributed by atoms with E-state index in [0.717, 1.165) is 40.0 Å². The minimum Gasteiger partial charge on any atom is -0.495 e. The molecule has 300 valence electrons. The number of anilines is 2. The molecular weight excluding hydrogens is 778 g/mol. The van der Waals surface area contributed by atoms with Gasteiger partial charge in [-0.05, 0) is 82.1 Å². The number of Topliss-reactive ketones (excluding diaryl/α,β-unsaturated/α-hetero) is 1. The van der Waals surface area contributed by atoms with Crippen LogP contribution in [0.3, 0.4) is 0 Å². The van der Waals surface area contributed by atoms with Crippen LogP contribution in [0.25, 0.3) is 0 Å². The second-order valence-electron chi connectivity index (χ2n) is 13.5. The molecule has 0 aromatic heterocycles. The molecule has 8 nitrogen and oxygen atoms in total. The topological polar surface area (TPSA) is 99.9 Å². The van der Waals surface area contributed by atoms with Gasteiger partial charge in [-0.15, -0.1) is 0 Å². The van der Waals surface area contributed by atoms with Crippen LogP contribution in [0.5, 0.6) is 11.5 Å². The summed E-state index contributed by atoms with van der Waals surface area (Å²) in [6.07, 6.45) is 1.42. The second-order valence-corrected chi connectivity index (χ2v) is 14.4. The number of nitriles is 1. The Labute approximate surface area is 348 Å². The summed E-state index contributed by atoms with van der Waals surface area (Å²) in [5.74, 6) is 1.44. The van der Waals surface area contributed by atoms with E-state index in [4.69, 9.17) is 14.7 Å². The van der Waals surface area contributed by atoms with Gasteiger partial charge in [-0.2, -0.15) is 5.26 Å². The van der Waals surface area contributed by atoms with Crippen molar-refractivity contribution in [3.8, 4) is 17.6 Å². The van der Waals surface area contributed by atoms with Gasteiger partial charge in [0.15, 0.2) is 5.78 Å². The number of benzene rings is 5. The molecule has 57 heavy (non-hydrogen) atoms. The average molecular weight is 835 g/mol. The number of rotatable bonds is 6. The molecule has 1 unspecified atom stereocenters. The zero-order chi connectivity index (χ0) is 40.0. The quantitative estimate of drug-likeness (QED) is 0.125. The third-order valence-electron chi connectivity index (χ3n) is 9.51. The first-order valence-electron chi connectivity index (χ1n) is 18.1. The molecule has 0 spiro atoms. The van der Waals surface area contributed by atoms with Crippen molar-refractivity contribution in [2.24, 2.45) is 11.3 Å². The van der Waals surface area contributed by atoms with Crippen LogP contribution in [0.2, 0.25) is 0 Å². The lowest BCUT2D eigenvalue weighted by Gasteiger charge is -2.23. The lowest BCUT2D eigenvalue weighted by Crippen LogP contribution is -2.38. The van der Waals surface area contributed by atoms with E-state index >= 15 is 0 Å². The van der Waals surface area contributed by atoms with Crippen LogP contribution in [0.1, 0.15) is 68.6 Å². The molecule has 0 saturated carbocycles. The maximum atomic E-state index is 13.0. The van der Waals surface area contributed by atoms with E-state index in [0.29, 0.717) is 30.0 Å². The fourth-order valence-electron chi connectivity index (χ4n) is 6.12. The van der Waals surface area contributed by atoms with Crippen molar-refractivity contribution in [2.75, 3.05) is 37.1 Å². The molecule has 2 saturated heterocycles. The van der Waals surface area contributed by atoms with Gasteiger partial charge in [0.25, 0.3) is 0 Å². The number of nitrogens with zero attached hydrogens (tertiary/aromatic N) is 3. The molecule has 7 rings (SSSR count). The summed E-state index contributed by atoms with van der Waals surface area (Å²) in [6, 6.07) is 41.9. The minimum absolute atomic E-state index is 0. The van der Waals surface area contributed by atoms with Crippen molar-refractivity contribution in [3.05, 3.63) is 154 Å². The van der Waals surface area contributed by atoms with Crippen LogP contribution in [-0.2, 0) is 9.59 Å². The van der Waals surface area contributed by atoms with Crippen molar-refractivity contribution in [1.82, 2.24) is 0 Å². The number of ether oxygens (including phenoxy) is 2. The third-order valence-corrected chi connectivity index (χ3v) is 10.0. The number of hydrogen-bond donors (Lipinski definition) is 0. The maximum Gasteiger partial charge on any atom is 0.240 e. The number of para-hydroxylation sites is 4. The number of carbonyl (C=O) groups excluding carboxylic acids is 3. The highest BCUT2D eigenvalue weighted by atomic mass is 79.9. The van der Waals surface area contributed by atoms with Gasteiger partial charge in [0, 0.05) is 29.0 Å². The molecule has 2 fully saturated rings. The van der Waals surface area contributed by atoms with E-state index in [2.05, 4.69) is 22.0 Å².